The van der Waals surface area contributed by atoms with Crippen molar-refractivity contribution in [3.05, 3.63) is 101 Å². The lowest BCUT2D eigenvalue weighted by atomic mass is 9.86. The number of aryl methyl sites for hydroxylation is 2. The van der Waals surface area contributed by atoms with Crippen molar-refractivity contribution in [1.82, 2.24) is 0 Å². The van der Waals surface area contributed by atoms with E-state index in [1.54, 1.807) is 18.2 Å². The van der Waals surface area contributed by atoms with Gasteiger partial charge in [0.15, 0.2) is 11.6 Å². The van der Waals surface area contributed by atoms with Gasteiger partial charge in [0.1, 0.15) is 5.78 Å². The Morgan fingerprint density at radius 1 is 0.848 bits per heavy atom. The minimum Gasteiger partial charge on any atom is -0.300 e. The first kappa shape index (κ1) is 24.1. The average molecular weight is 439 g/mol. The second-order valence-electron chi connectivity index (χ2n) is 8.60. The van der Waals surface area contributed by atoms with Gasteiger partial charge in [0.2, 0.25) is 0 Å². The van der Waals surface area contributed by atoms with E-state index in [2.05, 4.69) is 6.58 Å². The lowest BCUT2D eigenvalue weighted by Gasteiger charge is -2.16. The van der Waals surface area contributed by atoms with Crippen molar-refractivity contribution in [2.75, 3.05) is 0 Å². The van der Waals surface area contributed by atoms with Gasteiger partial charge in [0.05, 0.1) is 0 Å². The van der Waals surface area contributed by atoms with Crippen LogP contribution in [0.3, 0.4) is 0 Å². The molecule has 0 saturated carbocycles. The van der Waals surface area contributed by atoms with E-state index in [1.165, 1.54) is 6.92 Å². The van der Waals surface area contributed by atoms with E-state index >= 15 is 0 Å². The molecule has 0 amide bonds. The van der Waals surface area contributed by atoms with Gasteiger partial charge < -0.3 is 0 Å². The first-order chi connectivity index (χ1) is 15.7. The first-order valence-electron chi connectivity index (χ1n) is 11.3. The molecule has 3 heteroatoms. The maximum absolute atomic E-state index is 13.7. The largest absolute Gasteiger partial charge is 0.300 e. The molecule has 0 N–H and O–H groups in total. The van der Waals surface area contributed by atoms with E-state index in [-0.39, 0.29) is 29.3 Å². The van der Waals surface area contributed by atoms with Crippen LogP contribution in [0, 0.1) is 13.8 Å². The minimum atomic E-state index is -0.209. The molecule has 0 bridgehead atoms. The van der Waals surface area contributed by atoms with Gasteiger partial charge in [-0.2, -0.15) is 0 Å². The molecule has 3 rings (SSSR count). The van der Waals surface area contributed by atoms with Gasteiger partial charge in [0.25, 0.3) is 0 Å². The molecule has 33 heavy (non-hydrogen) atoms. The Hall–Kier alpha value is -3.59. The van der Waals surface area contributed by atoms with Crippen LogP contribution in [0.25, 0.3) is 16.7 Å². The zero-order chi connectivity index (χ0) is 24.1. The van der Waals surface area contributed by atoms with Crippen molar-refractivity contribution in [3.63, 3.8) is 0 Å². The second kappa shape index (κ2) is 10.4. The molecule has 0 radical (unpaired) electrons. The SMILES string of the molecule is C=C(C(=O)c1cccc(C)c1-c1ccc(C)cc1)c1ccc(CC(C)=O)cc1C(=O)CCC. The molecule has 0 fully saturated rings. The highest BCUT2D eigenvalue weighted by Crippen LogP contribution is 2.32. The third kappa shape index (κ3) is 5.43. The minimum absolute atomic E-state index is 0.0223. The number of allylic oxidation sites excluding steroid dienone is 1. The molecule has 0 atom stereocenters. The van der Waals surface area contributed by atoms with Gasteiger partial charge in [-0.05, 0) is 61.1 Å². The van der Waals surface area contributed by atoms with Gasteiger partial charge in [-0.15, -0.1) is 0 Å². The standard InChI is InChI=1S/C30H30O3/c1-6-8-28(32)27-18-23(17-21(4)31)13-16-25(27)22(5)30(33)26-10-7-9-20(3)29(26)24-14-11-19(2)12-15-24/h7,9-16,18H,5-6,8,17H2,1-4H3. The number of Topliss-reactive ketones (excluding diaryl/α,β-unsaturated/α-hetero) is 3. The molecule has 0 heterocycles. The van der Waals surface area contributed by atoms with Crippen molar-refractivity contribution in [3.8, 4) is 11.1 Å². The fourth-order valence-electron chi connectivity index (χ4n) is 4.09. The molecule has 0 unspecified atom stereocenters. The van der Waals surface area contributed by atoms with Crippen LogP contribution in [0.5, 0.6) is 0 Å². The van der Waals surface area contributed by atoms with Crippen LogP contribution in [0.2, 0.25) is 0 Å². The van der Waals surface area contributed by atoms with Crippen LogP contribution in [-0.4, -0.2) is 17.3 Å². The lowest BCUT2D eigenvalue weighted by molar-refractivity contribution is -0.116. The van der Waals surface area contributed by atoms with Crippen LogP contribution in [0.4, 0.5) is 0 Å². The fourth-order valence-corrected chi connectivity index (χ4v) is 4.09. The third-order valence-electron chi connectivity index (χ3n) is 5.77. The monoisotopic (exact) mass is 438 g/mol. The molecule has 3 aromatic carbocycles. The topological polar surface area (TPSA) is 51.2 Å². The number of carbonyl (C=O) groups excluding carboxylic acids is 3. The summed E-state index contributed by atoms with van der Waals surface area (Å²) >= 11 is 0. The number of hydrogen-bond donors (Lipinski definition) is 0. The Labute approximate surface area is 196 Å². The van der Waals surface area contributed by atoms with Gasteiger partial charge in [-0.3, -0.25) is 14.4 Å². The lowest BCUT2D eigenvalue weighted by Crippen LogP contribution is -2.11. The fraction of sp³-hybridized carbons (Fsp3) is 0.233. The van der Waals surface area contributed by atoms with Gasteiger partial charge in [-0.25, -0.2) is 0 Å². The number of rotatable bonds is 9. The van der Waals surface area contributed by atoms with Crippen molar-refractivity contribution in [1.29, 1.82) is 0 Å². The van der Waals surface area contributed by atoms with Gasteiger partial charge in [-0.1, -0.05) is 73.7 Å². The predicted molar refractivity (Wildman–Crippen MR) is 135 cm³/mol. The molecule has 0 spiro atoms. The van der Waals surface area contributed by atoms with Gasteiger partial charge >= 0.3 is 0 Å². The van der Waals surface area contributed by atoms with E-state index in [9.17, 15) is 14.4 Å². The Kier molecular flexibility index (Phi) is 7.55. The molecule has 3 aromatic rings. The van der Waals surface area contributed by atoms with Crippen molar-refractivity contribution >= 4 is 22.9 Å². The normalized spacial score (nSPS) is 10.7. The van der Waals surface area contributed by atoms with E-state index in [1.807, 2.05) is 63.2 Å². The summed E-state index contributed by atoms with van der Waals surface area (Å²) in [6, 6.07) is 19.1. The van der Waals surface area contributed by atoms with E-state index in [0.29, 0.717) is 29.5 Å². The van der Waals surface area contributed by atoms with Crippen molar-refractivity contribution in [2.24, 2.45) is 0 Å². The van der Waals surface area contributed by atoms with E-state index < -0.39 is 0 Å². The maximum Gasteiger partial charge on any atom is 0.193 e. The summed E-state index contributed by atoms with van der Waals surface area (Å²) in [5.74, 6) is -0.233. The van der Waals surface area contributed by atoms with Crippen LogP contribution in [0.15, 0.2) is 67.2 Å². The molecule has 0 saturated heterocycles. The number of carbonyl (C=O) groups is 3. The van der Waals surface area contributed by atoms with Crippen LogP contribution >= 0.6 is 0 Å². The molecule has 0 aliphatic rings. The van der Waals surface area contributed by atoms with Crippen molar-refractivity contribution in [2.45, 2.75) is 47.0 Å². The molecular formula is C30H30O3. The molecule has 0 aliphatic carbocycles. The zero-order valence-electron chi connectivity index (χ0n) is 19.8. The summed E-state index contributed by atoms with van der Waals surface area (Å²) in [4.78, 5) is 38.2. The Balaban J connectivity index is 2.09. The summed E-state index contributed by atoms with van der Waals surface area (Å²) in [6.45, 7) is 11.6. The van der Waals surface area contributed by atoms with Crippen molar-refractivity contribution < 1.29 is 14.4 Å². The number of hydrogen-bond acceptors (Lipinski definition) is 3. The first-order valence-corrected chi connectivity index (χ1v) is 11.3. The van der Waals surface area contributed by atoms with E-state index in [0.717, 1.165) is 27.8 Å². The summed E-state index contributed by atoms with van der Waals surface area (Å²) in [6.07, 6.45) is 1.32. The highest BCUT2D eigenvalue weighted by molar-refractivity contribution is 6.31. The molecule has 0 aromatic heterocycles. The highest BCUT2D eigenvalue weighted by atomic mass is 16.1. The Morgan fingerprint density at radius 3 is 2.18 bits per heavy atom. The zero-order valence-corrected chi connectivity index (χ0v) is 19.8. The van der Waals surface area contributed by atoms with Gasteiger partial charge in [0, 0.05) is 29.5 Å². The second-order valence-corrected chi connectivity index (χ2v) is 8.60. The molecule has 0 aliphatic heterocycles. The van der Waals surface area contributed by atoms with Crippen LogP contribution in [-0.2, 0) is 11.2 Å². The summed E-state index contributed by atoms with van der Waals surface area (Å²) < 4.78 is 0. The average Bonchev–Trinajstić information content (AvgIpc) is 2.78. The smallest absolute Gasteiger partial charge is 0.193 e. The quantitative estimate of drug-likeness (QED) is 0.267. The Bertz CT molecular complexity index is 1230. The van der Waals surface area contributed by atoms with Crippen LogP contribution in [0.1, 0.15) is 69.7 Å². The number of benzene rings is 3. The predicted octanol–water partition coefficient (Wildman–Crippen LogP) is 6.98. The van der Waals surface area contributed by atoms with E-state index in [4.69, 9.17) is 0 Å². The summed E-state index contributed by atoms with van der Waals surface area (Å²) in [5, 5.41) is 0. The molecular weight excluding hydrogens is 408 g/mol. The van der Waals surface area contributed by atoms with Crippen LogP contribution < -0.4 is 0 Å². The summed E-state index contributed by atoms with van der Waals surface area (Å²) in [7, 11) is 0. The third-order valence-corrected chi connectivity index (χ3v) is 5.77. The molecule has 168 valence electrons. The summed E-state index contributed by atoms with van der Waals surface area (Å²) in [5.41, 5.74) is 6.58. The number of ketones is 3. The Morgan fingerprint density at radius 2 is 1.55 bits per heavy atom. The highest BCUT2D eigenvalue weighted by Gasteiger charge is 2.22. The molecule has 3 nitrogen and oxygen atoms in total. The maximum atomic E-state index is 13.7.